The molecule has 0 aliphatic rings. The molecule has 0 radical (unpaired) electrons. The van der Waals surface area contributed by atoms with Gasteiger partial charge in [0, 0.05) is 5.75 Å². The van der Waals surface area contributed by atoms with Crippen LogP contribution in [0.3, 0.4) is 0 Å². The van der Waals surface area contributed by atoms with E-state index in [1.807, 2.05) is 5.32 Å². The Morgan fingerprint density at radius 2 is 1.50 bits per heavy atom. The van der Waals surface area contributed by atoms with E-state index in [0.29, 0.717) is 25.8 Å². The Labute approximate surface area is 167 Å². The summed E-state index contributed by atoms with van der Waals surface area (Å²) in [6.07, 6.45) is 0.916. The monoisotopic (exact) mass is 421 g/mol. The van der Waals surface area contributed by atoms with E-state index in [2.05, 4.69) is 23.3 Å². The van der Waals surface area contributed by atoms with Crippen LogP contribution in [0.4, 0.5) is 0 Å². The molecule has 0 bridgehead atoms. The summed E-state index contributed by atoms with van der Waals surface area (Å²) in [6.45, 7) is -0.278. The van der Waals surface area contributed by atoms with E-state index in [4.69, 9.17) is 21.7 Å². The van der Waals surface area contributed by atoms with E-state index in [1.165, 1.54) is 0 Å². The van der Waals surface area contributed by atoms with E-state index in [-0.39, 0.29) is 5.75 Å². The second-order valence-corrected chi connectivity index (χ2v) is 6.27. The summed E-state index contributed by atoms with van der Waals surface area (Å²) in [6, 6.07) is -3.56. The number of thiol groups is 1. The molecule has 0 saturated heterocycles. The zero-order valence-corrected chi connectivity index (χ0v) is 16.1. The van der Waals surface area contributed by atoms with Gasteiger partial charge in [0.2, 0.25) is 17.7 Å². The average Bonchev–Trinajstić information content (AvgIpc) is 2.62. The predicted molar refractivity (Wildman–Crippen MR) is 101 cm³/mol. The van der Waals surface area contributed by atoms with E-state index in [0.717, 1.165) is 0 Å². The third-order valence-electron chi connectivity index (χ3n) is 3.55. The minimum atomic E-state index is -1.53. The number of aliphatic carboxylic acids is 2. The summed E-state index contributed by atoms with van der Waals surface area (Å²) in [5.41, 5.74) is 11.1. The molecular weight excluding hydrogens is 394 g/mol. The second kappa shape index (κ2) is 13.7. The van der Waals surface area contributed by atoms with Crippen LogP contribution in [-0.4, -0.2) is 76.8 Å². The molecule has 0 fully saturated rings. The topological polar surface area (TPSA) is 214 Å². The van der Waals surface area contributed by atoms with Crippen molar-refractivity contribution in [3.63, 3.8) is 0 Å². The van der Waals surface area contributed by atoms with Gasteiger partial charge in [-0.05, 0) is 19.4 Å². The molecule has 0 aromatic carbocycles. The van der Waals surface area contributed by atoms with E-state index >= 15 is 0 Å². The van der Waals surface area contributed by atoms with Crippen molar-refractivity contribution in [1.29, 1.82) is 0 Å². The molecule has 3 amide bonds. The number of hydrogen-bond acceptors (Lipinski definition) is 8. The Morgan fingerprint density at radius 1 is 0.893 bits per heavy atom. The lowest BCUT2D eigenvalue weighted by molar-refractivity contribution is -0.141. The first-order valence-electron chi connectivity index (χ1n) is 8.50. The summed E-state index contributed by atoms with van der Waals surface area (Å²) in [7, 11) is 0. The minimum absolute atomic E-state index is 0.135. The van der Waals surface area contributed by atoms with Crippen molar-refractivity contribution in [3.8, 4) is 0 Å². The normalized spacial score (nSPS) is 13.7. The fraction of sp³-hybridized carbons (Fsp3) is 0.667. The van der Waals surface area contributed by atoms with Crippen LogP contribution < -0.4 is 27.4 Å². The molecule has 3 unspecified atom stereocenters. The number of amides is 3. The fourth-order valence-corrected chi connectivity index (χ4v) is 2.31. The predicted octanol–water partition coefficient (Wildman–Crippen LogP) is -2.98. The maximum Gasteiger partial charge on any atom is 0.322 e. The van der Waals surface area contributed by atoms with Gasteiger partial charge in [-0.15, -0.1) is 0 Å². The summed E-state index contributed by atoms with van der Waals surface area (Å²) < 4.78 is 0. The number of rotatable bonds is 14. The molecule has 0 spiro atoms. The highest BCUT2D eigenvalue weighted by Crippen LogP contribution is 2.01. The first-order valence-corrected chi connectivity index (χ1v) is 9.14. The summed E-state index contributed by atoms with van der Waals surface area (Å²) in [4.78, 5) is 57.7. The SMILES string of the molecule is NCCCCC(N)C(=O)NC(CS)C(=O)NC(CC(=O)O)C(=O)NCC(=O)O. The van der Waals surface area contributed by atoms with Gasteiger partial charge in [-0.3, -0.25) is 24.0 Å². The van der Waals surface area contributed by atoms with Crippen LogP contribution in [0.1, 0.15) is 25.7 Å². The summed E-state index contributed by atoms with van der Waals surface area (Å²) >= 11 is 3.97. The maximum absolute atomic E-state index is 12.3. The lowest BCUT2D eigenvalue weighted by Crippen LogP contribution is -2.57. The fourth-order valence-electron chi connectivity index (χ4n) is 2.05. The number of hydrogen-bond donors (Lipinski definition) is 8. The van der Waals surface area contributed by atoms with Gasteiger partial charge in [0.1, 0.15) is 18.6 Å². The highest BCUT2D eigenvalue weighted by Gasteiger charge is 2.28. The van der Waals surface area contributed by atoms with Crippen molar-refractivity contribution in [1.82, 2.24) is 16.0 Å². The lowest BCUT2D eigenvalue weighted by atomic mass is 10.1. The van der Waals surface area contributed by atoms with Crippen molar-refractivity contribution in [2.75, 3.05) is 18.8 Å². The van der Waals surface area contributed by atoms with E-state index in [1.54, 1.807) is 0 Å². The zero-order valence-electron chi connectivity index (χ0n) is 15.2. The van der Waals surface area contributed by atoms with Gasteiger partial charge in [-0.2, -0.15) is 12.6 Å². The van der Waals surface area contributed by atoms with Gasteiger partial charge >= 0.3 is 11.9 Å². The van der Waals surface area contributed by atoms with E-state index < -0.39 is 60.8 Å². The molecule has 0 aromatic heterocycles. The van der Waals surface area contributed by atoms with Gasteiger partial charge in [-0.1, -0.05) is 6.42 Å². The van der Waals surface area contributed by atoms with Gasteiger partial charge in [0.05, 0.1) is 12.5 Å². The molecule has 13 heteroatoms. The second-order valence-electron chi connectivity index (χ2n) is 5.91. The van der Waals surface area contributed by atoms with Crippen LogP contribution in [0.15, 0.2) is 0 Å². The van der Waals surface area contributed by atoms with Crippen LogP contribution in [0.5, 0.6) is 0 Å². The van der Waals surface area contributed by atoms with Gasteiger partial charge in [-0.25, -0.2) is 0 Å². The van der Waals surface area contributed by atoms with Gasteiger partial charge in [0.25, 0.3) is 0 Å². The molecule has 0 aliphatic carbocycles. The number of carbonyl (C=O) groups is 5. The van der Waals surface area contributed by atoms with Gasteiger partial charge < -0.3 is 37.6 Å². The molecular formula is C15H27N5O7S. The van der Waals surface area contributed by atoms with Crippen LogP contribution in [0, 0.1) is 0 Å². The molecule has 160 valence electrons. The van der Waals surface area contributed by atoms with Crippen LogP contribution >= 0.6 is 12.6 Å². The Hall–Kier alpha value is -2.38. The summed E-state index contributed by atoms with van der Waals surface area (Å²) in [5, 5.41) is 24.0. The molecule has 0 aromatic rings. The van der Waals surface area contributed by atoms with Crippen molar-refractivity contribution in [3.05, 3.63) is 0 Å². The molecule has 28 heavy (non-hydrogen) atoms. The standard InChI is InChI=1S/C15H27N5O7S/c16-4-2-1-3-8(17)13(25)20-10(7-28)15(27)19-9(5-11(21)22)14(26)18-6-12(23)24/h8-10,28H,1-7,16-17H2,(H,18,26)(H,19,27)(H,20,25)(H,21,22)(H,23,24). The highest BCUT2D eigenvalue weighted by molar-refractivity contribution is 7.80. The van der Waals surface area contributed by atoms with Crippen LogP contribution in [0.25, 0.3) is 0 Å². The Balaban J connectivity index is 4.89. The first kappa shape index (κ1) is 25.6. The van der Waals surface area contributed by atoms with Crippen molar-refractivity contribution >= 4 is 42.3 Å². The quantitative estimate of drug-likeness (QED) is 0.106. The molecule has 0 saturated carbocycles. The highest BCUT2D eigenvalue weighted by atomic mass is 32.1. The summed E-state index contributed by atoms with van der Waals surface area (Å²) in [5.74, 6) is -5.29. The molecule has 9 N–H and O–H groups in total. The lowest BCUT2D eigenvalue weighted by Gasteiger charge is -2.22. The Kier molecular flexibility index (Phi) is 12.6. The number of nitrogens with one attached hydrogen (secondary N) is 3. The first-order chi connectivity index (χ1) is 13.1. The number of unbranched alkanes of at least 4 members (excludes halogenated alkanes) is 1. The molecule has 0 heterocycles. The number of carboxylic acid groups (broad SMARTS) is 2. The van der Waals surface area contributed by atoms with Crippen molar-refractivity contribution < 1.29 is 34.2 Å². The number of nitrogens with two attached hydrogens (primary N) is 2. The molecule has 0 rings (SSSR count). The smallest absolute Gasteiger partial charge is 0.322 e. The van der Waals surface area contributed by atoms with Crippen molar-refractivity contribution in [2.45, 2.75) is 43.8 Å². The molecule has 12 nitrogen and oxygen atoms in total. The van der Waals surface area contributed by atoms with Crippen LogP contribution in [-0.2, 0) is 24.0 Å². The zero-order chi connectivity index (χ0) is 21.7. The number of carbonyl (C=O) groups excluding carboxylic acids is 3. The average molecular weight is 421 g/mol. The molecule has 0 aliphatic heterocycles. The Morgan fingerprint density at radius 3 is 2.00 bits per heavy atom. The minimum Gasteiger partial charge on any atom is -0.481 e. The largest absolute Gasteiger partial charge is 0.481 e. The Bertz CT molecular complexity index is 575. The molecule has 3 atom stereocenters. The van der Waals surface area contributed by atoms with Gasteiger partial charge in [0.15, 0.2) is 0 Å². The maximum atomic E-state index is 12.3. The third kappa shape index (κ3) is 10.7. The van der Waals surface area contributed by atoms with Crippen LogP contribution in [0.2, 0.25) is 0 Å². The third-order valence-corrected chi connectivity index (χ3v) is 3.91. The number of carboxylic acids is 2. The van der Waals surface area contributed by atoms with Crippen molar-refractivity contribution in [2.24, 2.45) is 11.5 Å². The van der Waals surface area contributed by atoms with E-state index in [9.17, 15) is 24.0 Å².